The molecule has 2 saturated heterocycles. The van der Waals surface area contributed by atoms with E-state index >= 15 is 0 Å². The highest BCUT2D eigenvalue weighted by molar-refractivity contribution is 5.79. The van der Waals surface area contributed by atoms with Gasteiger partial charge in [0.25, 0.3) is 0 Å². The zero-order valence-corrected chi connectivity index (χ0v) is 19.2. The van der Waals surface area contributed by atoms with Gasteiger partial charge in [-0.25, -0.2) is 0 Å². The Labute approximate surface area is 188 Å². The summed E-state index contributed by atoms with van der Waals surface area (Å²) in [5, 5.41) is 3.45. The number of ether oxygens (including phenoxy) is 1. The maximum Gasteiger partial charge on any atom is 0.223 e. The monoisotopic (exact) mass is 433 g/mol. The van der Waals surface area contributed by atoms with Gasteiger partial charge in [0.1, 0.15) is 0 Å². The SMILES string of the molecule is O=C(NC1CCC(CN2CCOCC2)CC1)C1CCC2NOC(C3CCCCC3)C2C1. The number of nitrogens with zero attached hydrogens (tertiary/aromatic N) is 1. The van der Waals surface area contributed by atoms with E-state index in [2.05, 4.69) is 15.7 Å². The van der Waals surface area contributed by atoms with E-state index in [1.807, 2.05) is 0 Å². The van der Waals surface area contributed by atoms with Crippen molar-refractivity contribution in [1.29, 1.82) is 0 Å². The van der Waals surface area contributed by atoms with Gasteiger partial charge in [-0.05, 0) is 69.6 Å². The van der Waals surface area contributed by atoms with Gasteiger partial charge >= 0.3 is 0 Å². The normalized spacial score (nSPS) is 40.4. The van der Waals surface area contributed by atoms with E-state index in [1.165, 1.54) is 51.5 Å². The van der Waals surface area contributed by atoms with Crippen molar-refractivity contribution in [3.05, 3.63) is 0 Å². The van der Waals surface area contributed by atoms with Crippen LogP contribution in [0.1, 0.15) is 77.0 Å². The predicted octanol–water partition coefficient (Wildman–Crippen LogP) is 3.26. The number of hydroxylamine groups is 1. The van der Waals surface area contributed by atoms with Crippen molar-refractivity contribution in [3.63, 3.8) is 0 Å². The van der Waals surface area contributed by atoms with Gasteiger partial charge in [0.15, 0.2) is 0 Å². The highest BCUT2D eigenvalue weighted by atomic mass is 16.7. The molecule has 6 nitrogen and oxygen atoms in total. The van der Waals surface area contributed by atoms with Gasteiger partial charge in [-0.1, -0.05) is 19.3 Å². The molecule has 2 heterocycles. The Balaban J connectivity index is 1.07. The number of carbonyl (C=O) groups excluding carboxylic acids is 1. The Morgan fingerprint density at radius 3 is 2.48 bits per heavy atom. The summed E-state index contributed by atoms with van der Waals surface area (Å²) < 4.78 is 5.47. The molecule has 2 N–H and O–H groups in total. The molecule has 6 heteroatoms. The molecule has 4 atom stereocenters. The fourth-order valence-corrected chi connectivity index (χ4v) is 7.07. The summed E-state index contributed by atoms with van der Waals surface area (Å²) in [5.41, 5.74) is 3.34. The Morgan fingerprint density at radius 1 is 0.935 bits per heavy atom. The third-order valence-electron chi connectivity index (χ3n) is 8.98. The molecule has 176 valence electrons. The molecule has 5 fully saturated rings. The van der Waals surface area contributed by atoms with E-state index in [0.29, 0.717) is 35.9 Å². The fourth-order valence-electron chi connectivity index (χ4n) is 7.07. The van der Waals surface area contributed by atoms with Crippen LogP contribution in [0, 0.1) is 23.7 Å². The highest BCUT2D eigenvalue weighted by Crippen LogP contribution is 2.42. The lowest BCUT2D eigenvalue weighted by Crippen LogP contribution is -2.46. The molecule has 0 aromatic rings. The van der Waals surface area contributed by atoms with Gasteiger partial charge in [0, 0.05) is 43.6 Å². The van der Waals surface area contributed by atoms with E-state index in [-0.39, 0.29) is 5.92 Å². The fraction of sp³-hybridized carbons (Fsp3) is 0.960. The van der Waals surface area contributed by atoms with Crippen LogP contribution in [0.25, 0.3) is 0 Å². The molecule has 3 saturated carbocycles. The molecule has 1 amide bonds. The first-order valence-electron chi connectivity index (χ1n) is 13.3. The number of nitrogens with one attached hydrogen (secondary N) is 2. The van der Waals surface area contributed by atoms with Crippen LogP contribution in [0.5, 0.6) is 0 Å². The Hall–Kier alpha value is -0.690. The number of amides is 1. The van der Waals surface area contributed by atoms with Crippen LogP contribution in [-0.4, -0.2) is 61.8 Å². The summed E-state index contributed by atoms with van der Waals surface area (Å²) in [4.78, 5) is 21.8. The van der Waals surface area contributed by atoms with Gasteiger partial charge in [0.2, 0.25) is 5.91 Å². The van der Waals surface area contributed by atoms with Crippen LogP contribution in [0.2, 0.25) is 0 Å². The highest BCUT2D eigenvalue weighted by Gasteiger charge is 2.46. The van der Waals surface area contributed by atoms with Crippen molar-refractivity contribution < 1.29 is 14.4 Å². The first kappa shape index (κ1) is 22.1. The van der Waals surface area contributed by atoms with Gasteiger partial charge in [-0.2, -0.15) is 5.48 Å². The second kappa shape index (κ2) is 10.5. The Morgan fingerprint density at radius 2 is 1.71 bits per heavy atom. The van der Waals surface area contributed by atoms with Gasteiger partial charge in [-0.3, -0.25) is 14.5 Å². The Kier molecular flexibility index (Phi) is 7.49. The maximum atomic E-state index is 13.1. The molecular formula is C25H43N3O3. The number of hydrogen-bond donors (Lipinski definition) is 2. The van der Waals surface area contributed by atoms with Crippen LogP contribution in [0.4, 0.5) is 0 Å². The first-order chi connectivity index (χ1) is 15.3. The average molecular weight is 434 g/mol. The number of carbonyl (C=O) groups is 1. The molecule has 0 aromatic heterocycles. The largest absolute Gasteiger partial charge is 0.379 e. The smallest absolute Gasteiger partial charge is 0.223 e. The van der Waals surface area contributed by atoms with Crippen LogP contribution in [0.3, 0.4) is 0 Å². The summed E-state index contributed by atoms with van der Waals surface area (Å²) in [6, 6.07) is 0.852. The van der Waals surface area contributed by atoms with E-state index in [9.17, 15) is 4.79 Å². The third-order valence-corrected chi connectivity index (χ3v) is 8.98. The van der Waals surface area contributed by atoms with Crippen molar-refractivity contribution in [2.75, 3.05) is 32.8 Å². The van der Waals surface area contributed by atoms with Crippen molar-refractivity contribution in [2.45, 2.75) is 95.2 Å². The lowest BCUT2D eigenvalue weighted by atomic mass is 9.71. The van der Waals surface area contributed by atoms with Crippen LogP contribution >= 0.6 is 0 Å². The number of morpholine rings is 1. The van der Waals surface area contributed by atoms with E-state index in [1.54, 1.807) is 0 Å². The van der Waals surface area contributed by atoms with Crippen molar-refractivity contribution in [2.24, 2.45) is 23.7 Å². The lowest BCUT2D eigenvalue weighted by molar-refractivity contribution is -0.127. The predicted molar refractivity (Wildman–Crippen MR) is 120 cm³/mol. The molecule has 0 spiro atoms. The second-order valence-electron chi connectivity index (χ2n) is 11.0. The summed E-state index contributed by atoms with van der Waals surface area (Å²) in [7, 11) is 0. The Bertz CT molecular complexity index is 583. The molecule has 4 unspecified atom stereocenters. The van der Waals surface area contributed by atoms with Gasteiger partial charge in [0.05, 0.1) is 19.3 Å². The maximum absolute atomic E-state index is 13.1. The van der Waals surface area contributed by atoms with Crippen LogP contribution in [-0.2, 0) is 14.4 Å². The molecule has 31 heavy (non-hydrogen) atoms. The summed E-state index contributed by atoms with van der Waals surface area (Å²) in [5.74, 6) is 2.52. The quantitative estimate of drug-likeness (QED) is 0.697. The van der Waals surface area contributed by atoms with Crippen LogP contribution in [0.15, 0.2) is 0 Å². The van der Waals surface area contributed by atoms with Gasteiger partial charge in [-0.15, -0.1) is 0 Å². The molecule has 5 rings (SSSR count). The lowest BCUT2D eigenvalue weighted by Gasteiger charge is -2.37. The molecule has 3 aliphatic carbocycles. The first-order valence-corrected chi connectivity index (χ1v) is 13.3. The zero-order chi connectivity index (χ0) is 21.0. The van der Waals surface area contributed by atoms with Crippen LogP contribution < -0.4 is 10.8 Å². The molecule has 0 radical (unpaired) electrons. The summed E-state index contributed by atoms with van der Waals surface area (Å²) in [6.45, 7) is 5.15. The third kappa shape index (κ3) is 5.45. The topological polar surface area (TPSA) is 62.8 Å². The number of rotatable bonds is 5. The summed E-state index contributed by atoms with van der Waals surface area (Å²) in [6.07, 6.45) is 14.9. The van der Waals surface area contributed by atoms with E-state index in [4.69, 9.17) is 9.57 Å². The minimum absolute atomic E-state index is 0.182. The minimum atomic E-state index is 0.182. The second-order valence-corrected chi connectivity index (χ2v) is 11.0. The number of hydrogen-bond acceptors (Lipinski definition) is 5. The standard InChI is InChI=1S/C25H43N3O3/c29-25(26-21-9-6-18(7-10-21)17-28-12-14-30-15-13-28)20-8-11-23-22(16-20)24(31-27-23)19-4-2-1-3-5-19/h18-24,27H,1-17H2,(H,26,29). The minimum Gasteiger partial charge on any atom is -0.379 e. The van der Waals surface area contributed by atoms with E-state index in [0.717, 1.165) is 64.3 Å². The van der Waals surface area contributed by atoms with E-state index < -0.39 is 0 Å². The molecular weight excluding hydrogens is 390 g/mol. The van der Waals surface area contributed by atoms with Crippen molar-refractivity contribution >= 4 is 5.91 Å². The molecule has 0 bridgehead atoms. The van der Waals surface area contributed by atoms with Crippen molar-refractivity contribution in [1.82, 2.24) is 15.7 Å². The summed E-state index contributed by atoms with van der Waals surface area (Å²) >= 11 is 0. The zero-order valence-electron chi connectivity index (χ0n) is 19.2. The molecule has 0 aromatic carbocycles. The number of fused-ring (bicyclic) bond motifs is 1. The average Bonchev–Trinajstić information content (AvgIpc) is 3.25. The van der Waals surface area contributed by atoms with Gasteiger partial charge < -0.3 is 10.1 Å². The van der Waals surface area contributed by atoms with Crippen molar-refractivity contribution in [3.8, 4) is 0 Å². The molecule has 2 aliphatic heterocycles. The molecule has 5 aliphatic rings.